The van der Waals surface area contributed by atoms with Gasteiger partial charge in [-0.05, 0) is 45.1 Å². The average molecular weight is 268 g/mol. The van der Waals surface area contributed by atoms with Gasteiger partial charge in [-0.25, -0.2) is 0 Å². The largest absolute Gasteiger partial charge is 0.329 e. The molecule has 2 N–H and O–H groups in total. The van der Waals surface area contributed by atoms with Gasteiger partial charge in [-0.15, -0.1) is 0 Å². The molecule has 1 aliphatic rings. The van der Waals surface area contributed by atoms with E-state index in [-0.39, 0.29) is 5.54 Å². The minimum atomic E-state index is 0.215. The van der Waals surface area contributed by atoms with Crippen LogP contribution in [0, 0.1) is 5.41 Å². The SMILES string of the molecule is CCCCCN(C(C)C)C1(CN)CCCCC1(C)C. The Bertz CT molecular complexity index is 260. The van der Waals surface area contributed by atoms with E-state index in [0.717, 1.165) is 6.54 Å². The van der Waals surface area contributed by atoms with Crippen LogP contribution in [0.3, 0.4) is 0 Å². The monoisotopic (exact) mass is 268 g/mol. The van der Waals surface area contributed by atoms with E-state index in [9.17, 15) is 0 Å². The molecule has 0 bridgehead atoms. The molecular weight excluding hydrogens is 232 g/mol. The first-order valence-electron chi connectivity index (χ1n) is 8.38. The Morgan fingerprint density at radius 2 is 1.74 bits per heavy atom. The summed E-state index contributed by atoms with van der Waals surface area (Å²) in [6.45, 7) is 13.9. The standard InChI is InChI=1S/C17H36N2/c1-6-7-10-13-19(15(2)3)17(14-18)12-9-8-11-16(17,4)5/h15H,6-14,18H2,1-5H3. The summed E-state index contributed by atoms with van der Waals surface area (Å²) in [5, 5.41) is 0. The van der Waals surface area contributed by atoms with Crippen LogP contribution in [0.5, 0.6) is 0 Å². The number of rotatable bonds is 7. The number of unbranched alkanes of at least 4 members (excludes halogenated alkanes) is 2. The molecule has 19 heavy (non-hydrogen) atoms. The summed E-state index contributed by atoms with van der Waals surface area (Å²) in [5.74, 6) is 0. The van der Waals surface area contributed by atoms with Crippen LogP contribution in [0.25, 0.3) is 0 Å². The van der Waals surface area contributed by atoms with Gasteiger partial charge in [0.25, 0.3) is 0 Å². The van der Waals surface area contributed by atoms with E-state index in [1.165, 1.54) is 51.5 Å². The number of hydrogen-bond donors (Lipinski definition) is 1. The molecule has 1 fully saturated rings. The summed E-state index contributed by atoms with van der Waals surface area (Å²) < 4.78 is 0. The van der Waals surface area contributed by atoms with Gasteiger partial charge >= 0.3 is 0 Å². The van der Waals surface area contributed by atoms with Crippen molar-refractivity contribution in [2.24, 2.45) is 11.1 Å². The van der Waals surface area contributed by atoms with Gasteiger partial charge in [0, 0.05) is 18.1 Å². The molecule has 1 unspecified atom stereocenters. The second kappa shape index (κ2) is 7.08. The van der Waals surface area contributed by atoms with E-state index in [2.05, 4.69) is 39.5 Å². The van der Waals surface area contributed by atoms with Crippen molar-refractivity contribution in [3.05, 3.63) is 0 Å². The summed E-state index contributed by atoms with van der Waals surface area (Å²) in [6.07, 6.45) is 9.26. The van der Waals surface area contributed by atoms with Crippen LogP contribution >= 0.6 is 0 Å². The topological polar surface area (TPSA) is 29.3 Å². The summed E-state index contributed by atoms with van der Waals surface area (Å²) in [5.41, 5.74) is 6.87. The van der Waals surface area contributed by atoms with E-state index in [1.54, 1.807) is 0 Å². The Morgan fingerprint density at radius 1 is 1.11 bits per heavy atom. The zero-order valence-electron chi connectivity index (χ0n) is 14.0. The molecule has 0 radical (unpaired) electrons. The van der Waals surface area contributed by atoms with Gasteiger partial charge in [-0.1, -0.05) is 46.5 Å². The van der Waals surface area contributed by atoms with Crippen LogP contribution < -0.4 is 5.73 Å². The summed E-state index contributed by atoms with van der Waals surface area (Å²) in [4.78, 5) is 2.74. The first-order chi connectivity index (χ1) is 8.91. The maximum atomic E-state index is 6.32. The van der Waals surface area contributed by atoms with E-state index in [4.69, 9.17) is 5.73 Å². The van der Waals surface area contributed by atoms with Crippen LogP contribution in [-0.2, 0) is 0 Å². The quantitative estimate of drug-likeness (QED) is 0.702. The highest BCUT2D eigenvalue weighted by Gasteiger charge is 2.49. The smallest absolute Gasteiger partial charge is 0.0385 e. The molecule has 0 aromatic heterocycles. The molecule has 1 aliphatic carbocycles. The second-order valence-corrected chi connectivity index (χ2v) is 7.32. The van der Waals surface area contributed by atoms with E-state index in [1.807, 2.05) is 0 Å². The fourth-order valence-corrected chi connectivity index (χ4v) is 4.08. The highest BCUT2D eigenvalue weighted by molar-refractivity contribution is 5.05. The van der Waals surface area contributed by atoms with Crippen molar-refractivity contribution in [1.82, 2.24) is 4.90 Å². The lowest BCUT2D eigenvalue weighted by Crippen LogP contribution is -2.65. The van der Waals surface area contributed by atoms with E-state index < -0.39 is 0 Å². The minimum Gasteiger partial charge on any atom is -0.329 e. The lowest BCUT2D eigenvalue weighted by Gasteiger charge is -2.57. The predicted octanol–water partition coefficient (Wildman–Crippen LogP) is 4.18. The molecule has 0 aromatic rings. The van der Waals surface area contributed by atoms with E-state index in [0.29, 0.717) is 11.5 Å². The zero-order chi connectivity index (χ0) is 14.5. The van der Waals surface area contributed by atoms with Gasteiger partial charge in [0.05, 0.1) is 0 Å². The fraction of sp³-hybridized carbons (Fsp3) is 1.00. The van der Waals surface area contributed by atoms with Crippen LogP contribution in [-0.4, -0.2) is 29.6 Å². The van der Waals surface area contributed by atoms with Crippen LogP contribution in [0.4, 0.5) is 0 Å². The normalized spacial score (nSPS) is 27.2. The Hall–Kier alpha value is -0.0800. The van der Waals surface area contributed by atoms with Crippen LogP contribution in [0.2, 0.25) is 0 Å². The maximum absolute atomic E-state index is 6.32. The van der Waals surface area contributed by atoms with E-state index >= 15 is 0 Å². The van der Waals surface area contributed by atoms with Crippen molar-refractivity contribution < 1.29 is 0 Å². The molecule has 0 spiro atoms. The third-order valence-electron chi connectivity index (χ3n) is 5.42. The Balaban J connectivity index is 2.93. The second-order valence-electron chi connectivity index (χ2n) is 7.32. The average Bonchev–Trinajstić information content (AvgIpc) is 2.35. The lowest BCUT2D eigenvalue weighted by atomic mass is 9.61. The van der Waals surface area contributed by atoms with Crippen molar-refractivity contribution in [3.63, 3.8) is 0 Å². The summed E-state index contributed by atoms with van der Waals surface area (Å²) >= 11 is 0. The molecule has 1 rings (SSSR count). The molecule has 0 heterocycles. The number of nitrogens with zero attached hydrogens (tertiary/aromatic N) is 1. The minimum absolute atomic E-state index is 0.215. The molecule has 114 valence electrons. The van der Waals surface area contributed by atoms with Gasteiger partial charge in [0.15, 0.2) is 0 Å². The van der Waals surface area contributed by atoms with Crippen LogP contribution in [0.15, 0.2) is 0 Å². The molecular formula is C17H36N2. The molecule has 2 heteroatoms. The first-order valence-corrected chi connectivity index (χ1v) is 8.38. The molecule has 1 atom stereocenters. The van der Waals surface area contributed by atoms with Gasteiger partial charge < -0.3 is 5.73 Å². The summed E-state index contributed by atoms with van der Waals surface area (Å²) in [6, 6.07) is 0.595. The predicted molar refractivity (Wildman–Crippen MR) is 85.4 cm³/mol. The van der Waals surface area contributed by atoms with Crippen molar-refractivity contribution in [2.45, 2.75) is 91.1 Å². The van der Waals surface area contributed by atoms with Gasteiger partial charge in [0.2, 0.25) is 0 Å². The molecule has 2 nitrogen and oxygen atoms in total. The maximum Gasteiger partial charge on any atom is 0.0385 e. The van der Waals surface area contributed by atoms with Crippen molar-refractivity contribution in [3.8, 4) is 0 Å². The van der Waals surface area contributed by atoms with Crippen LogP contribution in [0.1, 0.15) is 79.6 Å². The molecule has 0 aromatic carbocycles. The van der Waals surface area contributed by atoms with Crippen molar-refractivity contribution in [2.75, 3.05) is 13.1 Å². The Labute approximate surface area is 121 Å². The third kappa shape index (κ3) is 3.52. The highest BCUT2D eigenvalue weighted by Crippen LogP contribution is 2.47. The zero-order valence-corrected chi connectivity index (χ0v) is 14.0. The number of nitrogens with two attached hydrogens (primary N) is 1. The lowest BCUT2D eigenvalue weighted by molar-refractivity contribution is -0.0616. The van der Waals surface area contributed by atoms with Gasteiger partial charge in [0.1, 0.15) is 0 Å². The summed E-state index contributed by atoms with van der Waals surface area (Å²) in [7, 11) is 0. The highest BCUT2D eigenvalue weighted by atomic mass is 15.2. The van der Waals surface area contributed by atoms with Crippen molar-refractivity contribution >= 4 is 0 Å². The van der Waals surface area contributed by atoms with Crippen molar-refractivity contribution in [1.29, 1.82) is 0 Å². The molecule has 0 saturated heterocycles. The number of hydrogen-bond acceptors (Lipinski definition) is 2. The Kier molecular flexibility index (Phi) is 6.32. The third-order valence-corrected chi connectivity index (χ3v) is 5.42. The van der Waals surface area contributed by atoms with Gasteiger partial charge in [-0.2, -0.15) is 0 Å². The van der Waals surface area contributed by atoms with Gasteiger partial charge in [-0.3, -0.25) is 4.90 Å². The molecule has 0 aliphatic heterocycles. The Morgan fingerprint density at radius 3 is 2.21 bits per heavy atom. The fourth-order valence-electron chi connectivity index (χ4n) is 4.08. The molecule has 1 saturated carbocycles. The molecule has 0 amide bonds. The first kappa shape index (κ1) is 17.0.